The lowest BCUT2D eigenvalue weighted by atomic mass is 10.2. The van der Waals surface area contributed by atoms with Gasteiger partial charge in [0.25, 0.3) is 0 Å². The van der Waals surface area contributed by atoms with Crippen LogP contribution in [0.15, 0.2) is 23.1 Å². The summed E-state index contributed by atoms with van der Waals surface area (Å²) in [4.78, 5) is 1.27. The van der Waals surface area contributed by atoms with Crippen LogP contribution >= 0.6 is 11.8 Å². The van der Waals surface area contributed by atoms with Gasteiger partial charge in [0.2, 0.25) is 0 Å². The van der Waals surface area contributed by atoms with Gasteiger partial charge in [0, 0.05) is 15.8 Å². The highest BCUT2D eigenvalue weighted by atomic mass is 32.2. The van der Waals surface area contributed by atoms with Crippen LogP contribution in [0.4, 0.5) is 5.69 Å². The first-order valence-corrected chi connectivity index (χ1v) is 5.91. The van der Waals surface area contributed by atoms with E-state index in [1.165, 1.54) is 4.90 Å². The Bertz CT molecular complexity index is 307. The molecule has 0 heterocycles. The fourth-order valence-electron chi connectivity index (χ4n) is 1.04. The Morgan fingerprint density at radius 1 is 1.21 bits per heavy atom. The van der Waals surface area contributed by atoms with Crippen LogP contribution in [-0.4, -0.2) is 5.25 Å². The first-order valence-electron chi connectivity index (χ1n) is 5.03. The van der Waals surface area contributed by atoms with Crippen molar-refractivity contribution in [2.45, 2.75) is 37.8 Å². The summed E-state index contributed by atoms with van der Waals surface area (Å²) in [5, 5.41) is 0.636. The second-order valence-corrected chi connectivity index (χ2v) is 5.54. The molecule has 1 atom stereocenters. The number of benzene rings is 1. The molecule has 1 unspecified atom stereocenters. The zero-order valence-corrected chi connectivity index (χ0v) is 10.2. The Hall–Kier alpha value is -0.630. The van der Waals surface area contributed by atoms with E-state index in [-0.39, 0.29) is 0 Å². The zero-order valence-electron chi connectivity index (χ0n) is 9.37. The molecule has 0 aromatic heterocycles. The molecule has 0 spiro atoms. The number of hydrogen-bond acceptors (Lipinski definition) is 2. The fraction of sp³-hybridized carbons (Fsp3) is 0.500. The predicted molar refractivity (Wildman–Crippen MR) is 65.7 cm³/mol. The highest BCUT2D eigenvalue weighted by molar-refractivity contribution is 8.00. The smallest absolute Gasteiger partial charge is 0.0354 e. The number of nitrogen functional groups attached to an aromatic ring is 1. The van der Waals surface area contributed by atoms with Crippen molar-refractivity contribution in [3.8, 4) is 0 Å². The topological polar surface area (TPSA) is 26.0 Å². The largest absolute Gasteiger partial charge is 0.398 e. The Labute approximate surface area is 91.1 Å². The molecule has 0 aliphatic carbocycles. The number of rotatable bonds is 3. The van der Waals surface area contributed by atoms with E-state index in [4.69, 9.17) is 5.73 Å². The highest BCUT2D eigenvalue weighted by Crippen LogP contribution is 2.29. The molecule has 1 aromatic carbocycles. The van der Waals surface area contributed by atoms with Crippen molar-refractivity contribution in [3.63, 3.8) is 0 Å². The van der Waals surface area contributed by atoms with Gasteiger partial charge < -0.3 is 5.73 Å². The standard InChI is InChI=1S/C12H19NS/c1-8(2)10(4)14-11-6-5-9(3)12(13)7-11/h5-8,10H,13H2,1-4H3. The summed E-state index contributed by atoms with van der Waals surface area (Å²) in [6.07, 6.45) is 0. The zero-order chi connectivity index (χ0) is 10.7. The number of aryl methyl sites for hydroxylation is 1. The molecule has 1 aromatic rings. The molecule has 78 valence electrons. The van der Waals surface area contributed by atoms with Crippen LogP contribution in [0.3, 0.4) is 0 Å². The minimum absolute atomic E-state index is 0.636. The van der Waals surface area contributed by atoms with Crippen molar-refractivity contribution in [3.05, 3.63) is 23.8 Å². The summed E-state index contributed by atoms with van der Waals surface area (Å²) in [5.74, 6) is 0.697. The Morgan fingerprint density at radius 2 is 1.86 bits per heavy atom. The number of nitrogens with two attached hydrogens (primary N) is 1. The van der Waals surface area contributed by atoms with Crippen molar-refractivity contribution in [2.24, 2.45) is 5.92 Å². The van der Waals surface area contributed by atoms with Crippen LogP contribution in [0, 0.1) is 12.8 Å². The molecule has 2 heteroatoms. The molecule has 1 nitrogen and oxygen atoms in total. The van der Waals surface area contributed by atoms with Crippen LogP contribution in [-0.2, 0) is 0 Å². The average Bonchev–Trinajstić information content (AvgIpc) is 2.11. The summed E-state index contributed by atoms with van der Waals surface area (Å²) in [5.41, 5.74) is 7.91. The Kier molecular flexibility index (Phi) is 3.87. The van der Waals surface area contributed by atoms with Crippen molar-refractivity contribution < 1.29 is 0 Å². The van der Waals surface area contributed by atoms with Gasteiger partial charge in [-0.3, -0.25) is 0 Å². The van der Waals surface area contributed by atoms with Gasteiger partial charge in [-0.15, -0.1) is 11.8 Å². The van der Waals surface area contributed by atoms with Crippen LogP contribution < -0.4 is 5.73 Å². The third kappa shape index (κ3) is 2.95. The van der Waals surface area contributed by atoms with Gasteiger partial charge in [-0.05, 0) is 30.5 Å². The quantitative estimate of drug-likeness (QED) is 0.606. The molecule has 0 radical (unpaired) electrons. The van der Waals surface area contributed by atoms with Gasteiger partial charge in [-0.2, -0.15) is 0 Å². The maximum atomic E-state index is 5.86. The van der Waals surface area contributed by atoms with E-state index in [0.29, 0.717) is 11.2 Å². The average molecular weight is 209 g/mol. The van der Waals surface area contributed by atoms with Gasteiger partial charge in [-0.1, -0.05) is 26.8 Å². The van der Waals surface area contributed by atoms with E-state index in [1.807, 2.05) is 18.7 Å². The summed E-state index contributed by atoms with van der Waals surface area (Å²) in [7, 11) is 0. The minimum Gasteiger partial charge on any atom is -0.398 e. The van der Waals surface area contributed by atoms with E-state index in [9.17, 15) is 0 Å². The highest BCUT2D eigenvalue weighted by Gasteiger charge is 2.08. The lowest BCUT2D eigenvalue weighted by Gasteiger charge is -2.15. The Morgan fingerprint density at radius 3 is 2.36 bits per heavy atom. The van der Waals surface area contributed by atoms with Crippen molar-refractivity contribution in [1.82, 2.24) is 0 Å². The van der Waals surface area contributed by atoms with Crippen LogP contribution in [0.25, 0.3) is 0 Å². The normalized spacial score (nSPS) is 13.2. The van der Waals surface area contributed by atoms with Crippen LogP contribution in [0.5, 0.6) is 0 Å². The number of anilines is 1. The van der Waals surface area contributed by atoms with Gasteiger partial charge in [0.1, 0.15) is 0 Å². The van der Waals surface area contributed by atoms with Gasteiger partial charge in [-0.25, -0.2) is 0 Å². The monoisotopic (exact) mass is 209 g/mol. The van der Waals surface area contributed by atoms with E-state index in [1.54, 1.807) is 0 Å². The van der Waals surface area contributed by atoms with Crippen molar-refractivity contribution in [2.75, 3.05) is 5.73 Å². The summed E-state index contributed by atoms with van der Waals surface area (Å²) < 4.78 is 0. The predicted octanol–water partition coefficient (Wildman–Crippen LogP) is 3.71. The lowest BCUT2D eigenvalue weighted by Crippen LogP contribution is -2.05. The molecular weight excluding hydrogens is 190 g/mol. The van der Waals surface area contributed by atoms with Crippen molar-refractivity contribution >= 4 is 17.4 Å². The summed E-state index contributed by atoms with van der Waals surface area (Å²) >= 11 is 1.89. The third-order valence-corrected chi connectivity index (χ3v) is 3.95. The fourth-order valence-corrected chi connectivity index (χ4v) is 2.09. The molecule has 0 bridgehead atoms. The second kappa shape index (κ2) is 4.74. The SMILES string of the molecule is Cc1ccc(SC(C)C(C)C)cc1N. The summed E-state index contributed by atoms with van der Waals surface area (Å²) in [6.45, 7) is 8.78. The molecule has 2 N–H and O–H groups in total. The van der Waals surface area contributed by atoms with E-state index in [2.05, 4.69) is 39.0 Å². The molecule has 0 amide bonds. The Balaban J connectivity index is 2.73. The third-order valence-electron chi connectivity index (χ3n) is 2.51. The molecule has 0 aliphatic heterocycles. The van der Waals surface area contributed by atoms with Crippen LogP contribution in [0.2, 0.25) is 0 Å². The van der Waals surface area contributed by atoms with Gasteiger partial charge >= 0.3 is 0 Å². The second-order valence-electron chi connectivity index (χ2n) is 4.09. The number of thioether (sulfide) groups is 1. The van der Waals surface area contributed by atoms with E-state index >= 15 is 0 Å². The van der Waals surface area contributed by atoms with Crippen LogP contribution in [0.1, 0.15) is 26.3 Å². The summed E-state index contributed by atoms with van der Waals surface area (Å²) in [6, 6.07) is 6.30. The van der Waals surface area contributed by atoms with Gasteiger partial charge in [0.05, 0.1) is 0 Å². The van der Waals surface area contributed by atoms with E-state index < -0.39 is 0 Å². The molecule has 1 rings (SSSR count). The maximum absolute atomic E-state index is 5.86. The molecule has 14 heavy (non-hydrogen) atoms. The van der Waals surface area contributed by atoms with Gasteiger partial charge in [0.15, 0.2) is 0 Å². The van der Waals surface area contributed by atoms with E-state index in [0.717, 1.165) is 11.3 Å². The maximum Gasteiger partial charge on any atom is 0.0354 e. The lowest BCUT2D eigenvalue weighted by molar-refractivity contribution is 0.642. The first kappa shape index (κ1) is 11.4. The molecule has 0 fully saturated rings. The molecule has 0 saturated carbocycles. The first-order chi connectivity index (χ1) is 6.50. The molecule has 0 saturated heterocycles. The molecular formula is C12H19NS. The molecule has 0 aliphatic rings. The van der Waals surface area contributed by atoms with Crippen molar-refractivity contribution in [1.29, 1.82) is 0 Å². The number of hydrogen-bond donors (Lipinski definition) is 1. The minimum atomic E-state index is 0.636.